The molecule has 0 spiro atoms. The average Bonchev–Trinajstić information content (AvgIpc) is 2.50. The van der Waals surface area contributed by atoms with Gasteiger partial charge in [-0.05, 0) is 30.5 Å². The summed E-state index contributed by atoms with van der Waals surface area (Å²) in [7, 11) is 0. The minimum absolute atomic E-state index is 0.579. The van der Waals surface area contributed by atoms with Crippen molar-refractivity contribution in [2.24, 2.45) is 5.11 Å². The van der Waals surface area contributed by atoms with Crippen molar-refractivity contribution >= 4 is 0 Å². The Labute approximate surface area is 64.9 Å². The molecule has 58 valence electrons. The van der Waals surface area contributed by atoms with Crippen LogP contribution in [0.2, 0.25) is 0 Å². The lowest BCUT2D eigenvalue weighted by Gasteiger charge is -1.92. The van der Waals surface area contributed by atoms with Crippen LogP contribution in [0, 0.1) is 0 Å². The Morgan fingerprint density at radius 2 is 2.55 bits per heavy atom. The quantitative estimate of drug-likeness (QED) is 0.296. The van der Waals surface area contributed by atoms with Gasteiger partial charge in [-0.2, -0.15) is 0 Å². The van der Waals surface area contributed by atoms with Crippen molar-refractivity contribution in [2.75, 3.05) is 6.54 Å². The van der Waals surface area contributed by atoms with Crippen LogP contribution in [0.4, 0.5) is 0 Å². The highest BCUT2D eigenvalue weighted by molar-refractivity contribution is 5.03. The van der Waals surface area contributed by atoms with Gasteiger partial charge in [-0.3, -0.25) is 0 Å². The fourth-order valence-electron chi connectivity index (χ4n) is 0.908. The lowest BCUT2D eigenvalue weighted by atomic mass is 10.2. The molecular weight excluding hydrogens is 140 g/mol. The Balaban J connectivity index is 2.18. The van der Waals surface area contributed by atoms with Crippen LogP contribution in [0.1, 0.15) is 12.1 Å². The Bertz CT molecular complexity index is 233. The van der Waals surface area contributed by atoms with Crippen molar-refractivity contribution in [3.05, 3.63) is 34.5 Å². The number of nitrogens with one attached hydrogen (secondary N) is 1. The molecule has 0 fully saturated rings. The molecular formula is C7H10N4. The average molecular weight is 150 g/mol. The Kier molecular flexibility index (Phi) is 3.09. The Hall–Kier alpha value is -1.41. The van der Waals surface area contributed by atoms with E-state index in [1.54, 1.807) is 0 Å². The third kappa shape index (κ3) is 2.78. The zero-order valence-corrected chi connectivity index (χ0v) is 6.20. The summed E-state index contributed by atoms with van der Waals surface area (Å²) in [6, 6.07) is 3.99. The topological polar surface area (TPSA) is 64.6 Å². The van der Waals surface area contributed by atoms with Crippen molar-refractivity contribution in [3.8, 4) is 0 Å². The van der Waals surface area contributed by atoms with E-state index in [4.69, 9.17) is 5.53 Å². The molecule has 0 aliphatic heterocycles. The van der Waals surface area contributed by atoms with Crippen LogP contribution in [-0.2, 0) is 6.42 Å². The van der Waals surface area contributed by atoms with Crippen LogP contribution in [0.3, 0.4) is 0 Å². The first-order valence-corrected chi connectivity index (χ1v) is 3.56. The fraction of sp³-hybridized carbons (Fsp3) is 0.429. The lowest BCUT2D eigenvalue weighted by molar-refractivity contribution is 0.811. The summed E-state index contributed by atoms with van der Waals surface area (Å²) in [5.74, 6) is 0. The zero-order valence-electron chi connectivity index (χ0n) is 6.20. The maximum Gasteiger partial charge on any atom is 0.0261 e. The Morgan fingerprint density at radius 3 is 3.18 bits per heavy atom. The van der Waals surface area contributed by atoms with Crippen LogP contribution in [0.15, 0.2) is 23.4 Å². The predicted molar refractivity (Wildman–Crippen MR) is 43.1 cm³/mol. The molecule has 0 aliphatic rings. The number of aromatic amines is 1. The molecule has 1 rings (SSSR count). The summed E-state index contributed by atoms with van der Waals surface area (Å²) >= 11 is 0. The lowest BCUT2D eigenvalue weighted by Crippen LogP contribution is -1.86. The molecule has 0 saturated heterocycles. The van der Waals surface area contributed by atoms with Gasteiger partial charge >= 0.3 is 0 Å². The van der Waals surface area contributed by atoms with E-state index in [1.165, 1.54) is 5.69 Å². The highest BCUT2D eigenvalue weighted by atomic mass is 15.1. The van der Waals surface area contributed by atoms with E-state index in [0.717, 1.165) is 12.8 Å². The third-order valence-electron chi connectivity index (χ3n) is 1.43. The van der Waals surface area contributed by atoms with Gasteiger partial charge in [-0.15, -0.1) is 0 Å². The summed E-state index contributed by atoms with van der Waals surface area (Å²) in [6.07, 6.45) is 3.75. The maximum absolute atomic E-state index is 7.97. The predicted octanol–water partition coefficient (Wildman–Crippen LogP) is 2.26. The zero-order chi connectivity index (χ0) is 7.94. The summed E-state index contributed by atoms with van der Waals surface area (Å²) in [5.41, 5.74) is 9.17. The van der Waals surface area contributed by atoms with Gasteiger partial charge < -0.3 is 4.98 Å². The normalized spacial score (nSPS) is 9.09. The van der Waals surface area contributed by atoms with Crippen molar-refractivity contribution in [3.63, 3.8) is 0 Å². The maximum atomic E-state index is 7.97. The molecule has 1 N–H and O–H groups in total. The van der Waals surface area contributed by atoms with Crippen LogP contribution < -0.4 is 0 Å². The van der Waals surface area contributed by atoms with E-state index in [2.05, 4.69) is 15.0 Å². The molecule has 0 saturated carbocycles. The number of aromatic nitrogens is 1. The van der Waals surface area contributed by atoms with Gasteiger partial charge in [-0.1, -0.05) is 5.11 Å². The highest BCUT2D eigenvalue weighted by Crippen LogP contribution is 1.98. The standard InChI is InChI=1S/C7H10N4/c8-11-10-6-2-4-7-3-1-5-9-7/h1,3,5,9H,2,4,6H2. The number of azide groups is 1. The molecule has 4 nitrogen and oxygen atoms in total. The number of nitrogens with zero attached hydrogens (tertiary/aromatic N) is 3. The molecule has 0 radical (unpaired) electrons. The van der Waals surface area contributed by atoms with Crippen molar-refractivity contribution in [2.45, 2.75) is 12.8 Å². The van der Waals surface area contributed by atoms with Crippen molar-refractivity contribution in [1.29, 1.82) is 0 Å². The first kappa shape index (κ1) is 7.69. The van der Waals surface area contributed by atoms with E-state index < -0.39 is 0 Å². The van der Waals surface area contributed by atoms with Gasteiger partial charge in [0.25, 0.3) is 0 Å². The number of H-pyrrole nitrogens is 1. The minimum atomic E-state index is 0.579. The van der Waals surface area contributed by atoms with Gasteiger partial charge in [0.05, 0.1) is 0 Å². The highest BCUT2D eigenvalue weighted by Gasteiger charge is 1.90. The van der Waals surface area contributed by atoms with Gasteiger partial charge in [-0.25, -0.2) is 0 Å². The first-order chi connectivity index (χ1) is 5.43. The van der Waals surface area contributed by atoms with Crippen molar-refractivity contribution in [1.82, 2.24) is 4.98 Å². The molecule has 0 bridgehead atoms. The number of hydrogen-bond acceptors (Lipinski definition) is 1. The van der Waals surface area contributed by atoms with Gasteiger partial charge in [0.2, 0.25) is 0 Å². The van der Waals surface area contributed by atoms with Gasteiger partial charge in [0, 0.05) is 23.3 Å². The molecule has 0 unspecified atom stereocenters. The van der Waals surface area contributed by atoms with E-state index in [-0.39, 0.29) is 0 Å². The van der Waals surface area contributed by atoms with E-state index in [0.29, 0.717) is 6.54 Å². The number of rotatable bonds is 4. The Morgan fingerprint density at radius 1 is 1.64 bits per heavy atom. The molecule has 0 atom stereocenters. The molecule has 4 heteroatoms. The van der Waals surface area contributed by atoms with Crippen LogP contribution >= 0.6 is 0 Å². The molecule has 1 heterocycles. The molecule has 0 aromatic carbocycles. The molecule has 0 aliphatic carbocycles. The van der Waals surface area contributed by atoms with E-state index in [9.17, 15) is 0 Å². The second-order valence-electron chi connectivity index (χ2n) is 2.25. The van der Waals surface area contributed by atoms with Crippen molar-refractivity contribution < 1.29 is 0 Å². The summed E-state index contributed by atoms with van der Waals surface area (Å²) in [4.78, 5) is 5.75. The summed E-state index contributed by atoms with van der Waals surface area (Å²) < 4.78 is 0. The fourth-order valence-corrected chi connectivity index (χ4v) is 0.908. The second kappa shape index (κ2) is 4.41. The second-order valence-corrected chi connectivity index (χ2v) is 2.25. The monoisotopic (exact) mass is 150 g/mol. The van der Waals surface area contributed by atoms with E-state index in [1.807, 2.05) is 18.3 Å². The smallest absolute Gasteiger partial charge is 0.0261 e. The SMILES string of the molecule is [N-]=[N+]=NCCCc1ccc[nH]1. The molecule has 1 aromatic heterocycles. The molecule has 1 aromatic rings. The third-order valence-corrected chi connectivity index (χ3v) is 1.43. The van der Waals surface area contributed by atoms with Gasteiger partial charge in [0.15, 0.2) is 0 Å². The number of aryl methyl sites for hydroxylation is 1. The van der Waals surface area contributed by atoms with Gasteiger partial charge in [0.1, 0.15) is 0 Å². The van der Waals surface area contributed by atoms with Crippen LogP contribution in [-0.4, -0.2) is 11.5 Å². The summed E-state index contributed by atoms with van der Waals surface area (Å²) in [5, 5.41) is 3.44. The van der Waals surface area contributed by atoms with Crippen LogP contribution in [0.5, 0.6) is 0 Å². The first-order valence-electron chi connectivity index (χ1n) is 3.56. The van der Waals surface area contributed by atoms with E-state index >= 15 is 0 Å². The summed E-state index contributed by atoms with van der Waals surface area (Å²) in [6.45, 7) is 0.579. The largest absolute Gasteiger partial charge is 0.365 e. The minimum Gasteiger partial charge on any atom is -0.365 e. The molecule has 11 heavy (non-hydrogen) atoms. The van der Waals surface area contributed by atoms with Crippen LogP contribution in [0.25, 0.3) is 10.4 Å². The molecule has 0 amide bonds. The number of hydrogen-bond donors (Lipinski definition) is 1.